The topological polar surface area (TPSA) is 29.5 Å². The lowest BCUT2D eigenvalue weighted by atomic mass is 9.74. The fourth-order valence-electron chi connectivity index (χ4n) is 4.36. The summed E-state index contributed by atoms with van der Waals surface area (Å²) in [5.74, 6) is 0.00856. The number of rotatable bonds is 2. The molecule has 0 amide bonds. The molecule has 0 radical (unpaired) electrons. The summed E-state index contributed by atoms with van der Waals surface area (Å²) < 4.78 is 6.03. The van der Waals surface area contributed by atoms with Crippen LogP contribution in [-0.2, 0) is 9.53 Å². The molecule has 122 valence electrons. The van der Waals surface area contributed by atoms with Crippen molar-refractivity contribution >= 4 is 5.97 Å². The van der Waals surface area contributed by atoms with Crippen molar-refractivity contribution in [3.8, 4) is 0 Å². The van der Waals surface area contributed by atoms with Crippen molar-refractivity contribution in [1.82, 2.24) is 4.90 Å². The van der Waals surface area contributed by atoms with Crippen LogP contribution in [0.4, 0.5) is 0 Å². The third-order valence-corrected chi connectivity index (χ3v) is 4.93. The number of ether oxygens (including phenoxy) is 1. The summed E-state index contributed by atoms with van der Waals surface area (Å²) in [5.41, 5.74) is -0.0678. The average Bonchev–Trinajstić information content (AvgIpc) is 2.76. The van der Waals surface area contributed by atoms with Gasteiger partial charge in [0.1, 0.15) is 12.1 Å². The van der Waals surface area contributed by atoms with Crippen LogP contribution >= 0.6 is 0 Å². The van der Waals surface area contributed by atoms with Crippen molar-refractivity contribution in [1.29, 1.82) is 0 Å². The highest BCUT2D eigenvalue weighted by Gasteiger charge is 2.43. The number of fused-ring (bicyclic) bond motifs is 1. The van der Waals surface area contributed by atoms with Gasteiger partial charge in [0.2, 0.25) is 0 Å². The lowest BCUT2D eigenvalue weighted by molar-refractivity contribution is -0.170. The quantitative estimate of drug-likeness (QED) is 0.721. The zero-order valence-corrected chi connectivity index (χ0v) is 14.7. The second kappa shape index (κ2) is 5.91. The first-order valence-corrected chi connectivity index (χ1v) is 8.57. The Morgan fingerprint density at radius 1 is 1.00 bits per heavy atom. The van der Waals surface area contributed by atoms with Crippen molar-refractivity contribution in [3.05, 3.63) is 0 Å². The molecule has 0 N–H and O–H groups in total. The standard InChI is InChI=1S/C18H33NO2/c1-17(2,3)16(18(4,5)6)21-15(20)14-11-10-13-9-7-8-12-19(13)14/h13-14,16H,7-12H2,1-6H3/t13-,14+/m1/s1. The molecule has 0 aromatic rings. The number of esters is 1. The van der Waals surface area contributed by atoms with Gasteiger partial charge in [0.15, 0.2) is 0 Å². The first-order valence-electron chi connectivity index (χ1n) is 8.57. The van der Waals surface area contributed by atoms with E-state index < -0.39 is 0 Å². The predicted octanol–water partition coefficient (Wildman–Crippen LogP) is 4.01. The van der Waals surface area contributed by atoms with Crippen LogP contribution in [0.5, 0.6) is 0 Å². The molecule has 0 aliphatic carbocycles. The summed E-state index contributed by atoms with van der Waals surface area (Å²) in [6, 6.07) is 0.626. The Bertz CT molecular complexity index is 364. The van der Waals surface area contributed by atoms with Crippen molar-refractivity contribution in [3.63, 3.8) is 0 Å². The van der Waals surface area contributed by atoms with Crippen LogP contribution in [0.3, 0.4) is 0 Å². The van der Waals surface area contributed by atoms with E-state index in [1.54, 1.807) is 0 Å². The Morgan fingerprint density at radius 2 is 1.62 bits per heavy atom. The molecule has 0 saturated carbocycles. The van der Waals surface area contributed by atoms with Crippen LogP contribution in [0.25, 0.3) is 0 Å². The molecule has 3 heteroatoms. The number of hydrogen-bond acceptors (Lipinski definition) is 3. The first kappa shape index (κ1) is 16.8. The maximum Gasteiger partial charge on any atom is 0.323 e. The fourth-order valence-corrected chi connectivity index (χ4v) is 4.36. The van der Waals surface area contributed by atoms with E-state index >= 15 is 0 Å². The smallest absolute Gasteiger partial charge is 0.323 e. The van der Waals surface area contributed by atoms with E-state index in [4.69, 9.17) is 4.74 Å². The zero-order valence-electron chi connectivity index (χ0n) is 14.7. The fraction of sp³-hybridized carbons (Fsp3) is 0.944. The Labute approximate surface area is 130 Å². The van der Waals surface area contributed by atoms with Crippen LogP contribution < -0.4 is 0 Å². The van der Waals surface area contributed by atoms with Crippen LogP contribution in [-0.4, -0.2) is 35.6 Å². The number of carbonyl (C=O) groups is 1. The molecule has 0 bridgehead atoms. The molecular weight excluding hydrogens is 262 g/mol. The third kappa shape index (κ3) is 3.80. The van der Waals surface area contributed by atoms with Crippen LogP contribution in [0.1, 0.15) is 73.6 Å². The molecule has 2 heterocycles. The minimum absolute atomic E-state index is 0.00231. The van der Waals surface area contributed by atoms with Gasteiger partial charge in [0.25, 0.3) is 0 Å². The van der Waals surface area contributed by atoms with Crippen LogP contribution in [0, 0.1) is 10.8 Å². The molecule has 0 aromatic heterocycles. The molecule has 2 fully saturated rings. The number of nitrogens with zero attached hydrogens (tertiary/aromatic N) is 1. The number of carbonyl (C=O) groups excluding carboxylic acids is 1. The second-order valence-corrected chi connectivity index (χ2v) is 9.03. The summed E-state index contributed by atoms with van der Waals surface area (Å²) in [6.45, 7) is 14.0. The minimum atomic E-state index is -0.0543. The monoisotopic (exact) mass is 295 g/mol. The van der Waals surface area contributed by atoms with Gasteiger partial charge in [-0.25, -0.2) is 0 Å². The van der Waals surface area contributed by atoms with Gasteiger partial charge >= 0.3 is 5.97 Å². The SMILES string of the molecule is CC(C)(C)C(OC(=O)[C@@H]1CC[C@H]2CCCCN21)C(C)(C)C. The maximum atomic E-state index is 12.7. The van der Waals surface area contributed by atoms with E-state index in [1.165, 1.54) is 19.3 Å². The van der Waals surface area contributed by atoms with Crippen molar-refractivity contribution in [2.75, 3.05) is 6.54 Å². The van der Waals surface area contributed by atoms with Crippen molar-refractivity contribution < 1.29 is 9.53 Å². The van der Waals surface area contributed by atoms with E-state index in [0.717, 1.165) is 19.4 Å². The lowest BCUT2D eigenvalue weighted by Crippen LogP contribution is -2.48. The number of piperidine rings is 1. The largest absolute Gasteiger partial charge is 0.460 e. The van der Waals surface area contributed by atoms with Gasteiger partial charge in [-0.05, 0) is 43.1 Å². The van der Waals surface area contributed by atoms with Gasteiger partial charge < -0.3 is 4.74 Å². The molecule has 21 heavy (non-hydrogen) atoms. The van der Waals surface area contributed by atoms with Crippen LogP contribution in [0.2, 0.25) is 0 Å². The highest BCUT2D eigenvalue weighted by Crippen LogP contribution is 2.38. The Hall–Kier alpha value is -0.570. The summed E-state index contributed by atoms with van der Waals surface area (Å²) in [7, 11) is 0. The molecule has 0 aromatic carbocycles. The van der Waals surface area contributed by atoms with Crippen molar-refractivity contribution in [2.45, 2.75) is 91.8 Å². The summed E-state index contributed by atoms with van der Waals surface area (Å²) in [4.78, 5) is 15.2. The van der Waals surface area contributed by atoms with E-state index in [9.17, 15) is 4.79 Å². The summed E-state index contributed by atoms with van der Waals surface area (Å²) in [5, 5.41) is 0. The molecule has 0 spiro atoms. The first-order chi connectivity index (χ1) is 9.60. The Morgan fingerprint density at radius 3 is 2.19 bits per heavy atom. The normalized spacial score (nSPS) is 27.8. The summed E-state index contributed by atoms with van der Waals surface area (Å²) in [6.07, 6.45) is 5.88. The van der Waals surface area contributed by atoms with Gasteiger partial charge in [-0.15, -0.1) is 0 Å². The van der Waals surface area contributed by atoms with E-state index in [1.807, 2.05) is 0 Å². The van der Waals surface area contributed by atoms with Gasteiger partial charge in [0.05, 0.1) is 0 Å². The van der Waals surface area contributed by atoms with E-state index in [-0.39, 0.29) is 28.9 Å². The molecule has 0 unspecified atom stereocenters. The van der Waals surface area contributed by atoms with Gasteiger partial charge in [-0.2, -0.15) is 0 Å². The Balaban J connectivity index is 2.06. The van der Waals surface area contributed by atoms with E-state index in [0.29, 0.717) is 6.04 Å². The predicted molar refractivity (Wildman–Crippen MR) is 86.2 cm³/mol. The lowest BCUT2D eigenvalue weighted by Gasteiger charge is -2.41. The highest BCUT2D eigenvalue weighted by atomic mass is 16.5. The third-order valence-electron chi connectivity index (χ3n) is 4.93. The molecule has 2 atom stereocenters. The molecular formula is C18H33NO2. The number of hydrogen-bond donors (Lipinski definition) is 0. The second-order valence-electron chi connectivity index (χ2n) is 9.03. The Kier molecular flexibility index (Phi) is 4.72. The summed E-state index contributed by atoms with van der Waals surface area (Å²) >= 11 is 0. The highest BCUT2D eigenvalue weighted by molar-refractivity contribution is 5.76. The molecule has 2 aliphatic rings. The van der Waals surface area contributed by atoms with E-state index in [2.05, 4.69) is 46.4 Å². The molecule has 2 saturated heterocycles. The molecule has 2 rings (SSSR count). The minimum Gasteiger partial charge on any atom is -0.460 e. The van der Waals surface area contributed by atoms with Gasteiger partial charge in [-0.3, -0.25) is 9.69 Å². The van der Waals surface area contributed by atoms with Crippen LogP contribution in [0.15, 0.2) is 0 Å². The van der Waals surface area contributed by atoms with Crippen molar-refractivity contribution in [2.24, 2.45) is 10.8 Å². The molecule has 2 aliphatic heterocycles. The zero-order chi connectivity index (χ0) is 15.8. The maximum absolute atomic E-state index is 12.7. The molecule has 3 nitrogen and oxygen atoms in total. The average molecular weight is 295 g/mol. The van der Waals surface area contributed by atoms with Gasteiger partial charge in [0, 0.05) is 6.04 Å². The van der Waals surface area contributed by atoms with Gasteiger partial charge in [-0.1, -0.05) is 48.0 Å².